The summed E-state index contributed by atoms with van der Waals surface area (Å²) in [6, 6.07) is 43.2. The van der Waals surface area contributed by atoms with Crippen LogP contribution in [-0.2, 0) is 4.74 Å². The van der Waals surface area contributed by atoms with Crippen LogP contribution in [0.2, 0.25) is 0 Å². The standard InChI is InChI=1S/C33H35NO/c1-5-13-28(14-6-1)32(29-15-7-2-8-16-29)25-34-23-21-27(22-24-34)26-35-33(30-17-9-3-10-18-30)31-19-11-4-12-20-31/h1-20,27,32-33H,21-26H2. The van der Waals surface area contributed by atoms with E-state index >= 15 is 0 Å². The van der Waals surface area contributed by atoms with Crippen LogP contribution in [0.15, 0.2) is 121 Å². The molecular weight excluding hydrogens is 426 g/mol. The molecule has 0 aromatic heterocycles. The van der Waals surface area contributed by atoms with E-state index in [2.05, 4.69) is 126 Å². The molecular formula is C33H35NO. The highest BCUT2D eigenvalue weighted by Crippen LogP contribution is 2.30. The number of hydrogen-bond acceptors (Lipinski definition) is 2. The summed E-state index contributed by atoms with van der Waals surface area (Å²) in [7, 11) is 0. The largest absolute Gasteiger partial charge is 0.368 e. The number of benzene rings is 4. The van der Waals surface area contributed by atoms with E-state index in [0.717, 1.165) is 26.2 Å². The second-order valence-corrected chi connectivity index (χ2v) is 9.65. The fourth-order valence-corrected chi connectivity index (χ4v) is 5.24. The van der Waals surface area contributed by atoms with E-state index in [1.807, 2.05) is 0 Å². The van der Waals surface area contributed by atoms with Crippen LogP contribution in [0.5, 0.6) is 0 Å². The van der Waals surface area contributed by atoms with E-state index in [1.54, 1.807) is 0 Å². The van der Waals surface area contributed by atoms with Gasteiger partial charge in [0.15, 0.2) is 0 Å². The summed E-state index contributed by atoms with van der Waals surface area (Å²) >= 11 is 0. The first-order chi connectivity index (χ1) is 17.4. The Hall–Kier alpha value is -3.20. The number of piperidine rings is 1. The van der Waals surface area contributed by atoms with Crippen LogP contribution in [0.3, 0.4) is 0 Å². The molecule has 2 heteroatoms. The quantitative estimate of drug-likeness (QED) is 0.259. The van der Waals surface area contributed by atoms with E-state index in [-0.39, 0.29) is 6.10 Å². The molecule has 1 saturated heterocycles. The van der Waals surface area contributed by atoms with Gasteiger partial charge in [0.2, 0.25) is 0 Å². The van der Waals surface area contributed by atoms with Crippen LogP contribution in [0.25, 0.3) is 0 Å². The summed E-state index contributed by atoms with van der Waals surface area (Å²) in [6.07, 6.45) is 2.37. The van der Waals surface area contributed by atoms with Gasteiger partial charge in [-0.3, -0.25) is 0 Å². The van der Waals surface area contributed by atoms with Gasteiger partial charge in [0.1, 0.15) is 6.10 Å². The maximum absolute atomic E-state index is 6.59. The van der Waals surface area contributed by atoms with Crippen LogP contribution < -0.4 is 0 Å². The lowest BCUT2D eigenvalue weighted by molar-refractivity contribution is 0.0306. The Labute approximate surface area is 210 Å². The molecule has 0 radical (unpaired) electrons. The molecule has 0 unspecified atom stereocenters. The number of ether oxygens (including phenoxy) is 1. The minimum absolute atomic E-state index is 0.00373. The molecule has 1 fully saturated rings. The molecule has 0 atom stereocenters. The number of likely N-dealkylation sites (tertiary alicyclic amines) is 1. The second-order valence-electron chi connectivity index (χ2n) is 9.65. The molecule has 5 rings (SSSR count). The Morgan fingerprint density at radius 1 is 0.571 bits per heavy atom. The number of rotatable bonds is 9. The minimum Gasteiger partial charge on any atom is -0.368 e. The van der Waals surface area contributed by atoms with E-state index in [4.69, 9.17) is 4.74 Å². The second kappa shape index (κ2) is 12.0. The molecule has 0 saturated carbocycles. The third-order valence-electron chi connectivity index (χ3n) is 7.26. The van der Waals surface area contributed by atoms with Gasteiger partial charge in [-0.1, -0.05) is 121 Å². The molecule has 1 aliphatic heterocycles. The van der Waals surface area contributed by atoms with Gasteiger partial charge >= 0.3 is 0 Å². The first kappa shape index (κ1) is 23.5. The first-order valence-corrected chi connectivity index (χ1v) is 12.9. The van der Waals surface area contributed by atoms with Gasteiger partial charge in [-0.05, 0) is 54.1 Å². The predicted octanol–water partition coefficient (Wildman–Crippen LogP) is 7.34. The Morgan fingerprint density at radius 3 is 1.40 bits per heavy atom. The van der Waals surface area contributed by atoms with Crippen molar-refractivity contribution in [2.75, 3.05) is 26.2 Å². The van der Waals surface area contributed by atoms with Crippen molar-refractivity contribution >= 4 is 0 Å². The summed E-state index contributed by atoms with van der Waals surface area (Å²) in [5.41, 5.74) is 5.25. The Kier molecular flexibility index (Phi) is 8.05. The van der Waals surface area contributed by atoms with E-state index in [0.29, 0.717) is 11.8 Å². The lowest BCUT2D eigenvalue weighted by Gasteiger charge is -2.35. The summed E-state index contributed by atoms with van der Waals surface area (Å²) in [5, 5.41) is 0. The molecule has 1 aliphatic rings. The molecule has 0 spiro atoms. The number of hydrogen-bond donors (Lipinski definition) is 0. The molecule has 0 N–H and O–H groups in total. The molecule has 0 amide bonds. The molecule has 4 aromatic carbocycles. The highest BCUT2D eigenvalue weighted by Gasteiger charge is 2.25. The zero-order chi connectivity index (χ0) is 23.7. The van der Waals surface area contributed by atoms with Crippen molar-refractivity contribution in [3.8, 4) is 0 Å². The molecule has 0 aliphatic carbocycles. The van der Waals surface area contributed by atoms with Gasteiger partial charge in [-0.2, -0.15) is 0 Å². The van der Waals surface area contributed by atoms with Crippen molar-refractivity contribution < 1.29 is 4.74 Å². The lowest BCUT2D eigenvalue weighted by Crippen LogP contribution is -2.38. The summed E-state index contributed by atoms with van der Waals surface area (Å²) in [4.78, 5) is 2.65. The Bertz CT molecular complexity index is 1040. The van der Waals surface area contributed by atoms with Crippen LogP contribution in [0.4, 0.5) is 0 Å². The van der Waals surface area contributed by atoms with E-state index in [9.17, 15) is 0 Å². The molecule has 178 valence electrons. The van der Waals surface area contributed by atoms with Crippen molar-refractivity contribution in [2.24, 2.45) is 5.92 Å². The van der Waals surface area contributed by atoms with Crippen molar-refractivity contribution in [3.63, 3.8) is 0 Å². The third-order valence-corrected chi connectivity index (χ3v) is 7.26. The minimum atomic E-state index is -0.00373. The fraction of sp³-hybridized carbons (Fsp3) is 0.273. The van der Waals surface area contributed by atoms with Gasteiger partial charge in [-0.15, -0.1) is 0 Å². The average molecular weight is 462 g/mol. The SMILES string of the molecule is c1ccc(C(CN2CCC(COC(c3ccccc3)c3ccccc3)CC2)c2ccccc2)cc1. The van der Waals surface area contributed by atoms with Crippen LogP contribution >= 0.6 is 0 Å². The van der Waals surface area contributed by atoms with E-state index < -0.39 is 0 Å². The molecule has 0 bridgehead atoms. The van der Waals surface area contributed by atoms with Crippen molar-refractivity contribution in [3.05, 3.63) is 144 Å². The van der Waals surface area contributed by atoms with Crippen molar-refractivity contribution in [1.82, 2.24) is 4.90 Å². The molecule has 2 nitrogen and oxygen atoms in total. The van der Waals surface area contributed by atoms with Gasteiger partial charge in [0.05, 0.1) is 6.61 Å². The van der Waals surface area contributed by atoms with E-state index in [1.165, 1.54) is 35.1 Å². The first-order valence-electron chi connectivity index (χ1n) is 12.9. The Balaban J connectivity index is 1.20. The lowest BCUT2D eigenvalue weighted by atomic mass is 9.89. The predicted molar refractivity (Wildman–Crippen MR) is 145 cm³/mol. The average Bonchev–Trinajstić information content (AvgIpc) is 2.95. The monoisotopic (exact) mass is 461 g/mol. The van der Waals surface area contributed by atoms with Crippen LogP contribution in [0.1, 0.15) is 47.1 Å². The van der Waals surface area contributed by atoms with Gasteiger partial charge < -0.3 is 9.64 Å². The highest BCUT2D eigenvalue weighted by atomic mass is 16.5. The van der Waals surface area contributed by atoms with Gasteiger partial charge in [0.25, 0.3) is 0 Å². The smallest absolute Gasteiger partial charge is 0.108 e. The molecule has 4 aromatic rings. The normalized spacial score (nSPS) is 15.0. The maximum atomic E-state index is 6.59. The Morgan fingerprint density at radius 2 is 0.971 bits per heavy atom. The van der Waals surface area contributed by atoms with Crippen LogP contribution in [-0.4, -0.2) is 31.1 Å². The molecule has 35 heavy (non-hydrogen) atoms. The third kappa shape index (κ3) is 6.28. The molecule has 1 heterocycles. The number of nitrogens with zero attached hydrogens (tertiary/aromatic N) is 1. The van der Waals surface area contributed by atoms with Crippen molar-refractivity contribution in [1.29, 1.82) is 0 Å². The van der Waals surface area contributed by atoms with Gasteiger partial charge in [-0.25, -0.2) is 0 Å². The zero-order valence-corrected chi connectivity index (χ0v) is 20.4. The maximum Gasteiger partial charge on any atom is 0.108 e. The van der Waals surface area contributed by atoms with Crippen LogP contribution in [0, 0.1) is 5.92 Å². The summed E-state index contributed by atoms with van der Waals surface area (Å²) < 4.78 is 6.59. The highest BCUT2D eigenvalue weighted by molar-refractivity contribution is 5.33. The van der Waals surface area contributed by atoms with Crippen molar-refractivity contribution in [2.45, 2.75) is 24.9 Å². The van der Waals surface area contributed by atoms with Gasteiger partial charge in [0, 0.05) is 12.5 Å². The fourth-order valence-electron chi connectivity index (χ4n) is 5.24. The topological polar surface area (TPSA) is 12.5 Å². The summed E-state index contributed by atoms with van der Waals surface area (Å²) in [5.74, 6) is 1.01. The summed E-state index contributed by atoms with van der Waals surface area (Å²) in [6.45, 7) is 4.14. The zero-order valence-electron chi connectivity index (χ0n) is 20.4.